The quantitative estimate of drug-likeness (QED) is 0.678. The first-order valence-corrected chi connectivity index (χ1v) is 8.23. The molecule has 0 aliphatic heterocycles. The van der Waals surface area contributed by atoms with Crippen LogP contribution in [0.3, 0.4) is 0 Å². The summed E-state index contributed by atoms with van der Waals surface area (Å²) in [6.07, 6.45) is 0. The molecule has 1 aromatic heterocycles. The van der Waals surface area contributed by atoms with Gasteiger partial charge in [0.2, 0.25) is 0 Å². The molecule has 0 unspecified atom stereocenters. The van der Waals surface area contributed by atoms with Gasteiger partial charge in [-0.2, -0.15) is 0 Å². The fraction of sp³-hybridized carbons (Fsp3) is 0.263. The van der Waals surface area contributed by atoms with Crippen molar-refractivity contribution in [1.82, 2.24) is 14.5 Å². The minimum atomic E-state index is 0.504. The van der Waals surface area contributed by atoms with Crippen LogP contribution in [0, 0.1) is 6.92 Å². The number of aryl methyl sites for hydroxylation is 2. The molecular weight excluding hydrogens is 318 g/mol. The highest BCUT2D eigenvalue weighted by molar-refractivity contribution is 7.80. The van der Waals surface area contributed by atoms with Crippen LogP contribution in [0.2, 0.25) is 0 Å². The van der Waals surface area contributed by atoms with Crippen LogP contribution in [0.25, 0.3) is 11.0 Å². The van der Waals surface area contributed by atoms with Gasteiger partial charge in [-0.1, -0.05) is 42.5 Å². The number of aromatic nitrogens is 2. The van der Waals surface area contributed by atoms with Gasteiger partial charge in [0.15, 0.2) is 0 Å². The SMILES string of the molecule is Cc1nc2c(OCc3ccccc3)cc(C(=S)N(C)C)cc2n1C. The second kappa shape index (κ2) is 6.61. The van der Waals surface area contributed by atoms with Gasteiger partial charge in [-0.25, -0.2) is 4.98 Å². The summed E-state index contributed by atoms with van der Waals surface area (Å²) in [7, 11) is 5.91. The van der Waals surface area contributed by atoms with Gasteiger partial charge < -0.3 is 14.2 Å². The van der Waals surface area contributed by atoms with Crippen LogP contribution in [-0.2, 0) is 13.7 Å². The van der Waals surface area contributed by atoms with Gasteiger partial charge in [0.05, 0.1) is 5.52 Å². The van der Waals surface area contributed by atoms with Crippen LogP contribution in [0.1, 0.15) is 17.0 Å². The predicted octanol–water partition coefficient (Wildman–Crippen LogP) is 3.70. The molecule has 5 heteroatoms. The molecule has 1 heterocycles. The van der Waals surface area contributed by atoms with E-state index in [0.717, 1.165) is 38.7 Å². The Hall–Kier alpha value is -2.40. The number of thiocarbonyl (C=S) groups is 1. The molecule has 0 saturated heterocycles. The summed E-state index contributed by atoms with van der Waals surface area (Å²) in [5.41, 5.74) is 3.99. The molecule has 0 saturated carbocycles. The predicted molar refractivity (Wildman–Crippen MR) is 102 cm³/mol. The highest BCUT2D eigenvalue weighted by Gasteiger charge is 2.15. The second-order valence-electron chi connectivity index (χ2n) is 6.03. The van der Waals surface area contributed by atoms with Gasteiger partial charge in [-0.15, -0.1) is 0 Å². The van der Waals surface area contributed by atoms with E-state index < -0.39 is 0 Å². The number of fused-ring (bicyclic) bond motifs is 1. The van der Waals surface area contributed by atoms with Gasteiger partial charge in [-0.3, -0.25) is 0 Å². The zero-order chi connectivity index (χ0) is 17.3. The Balaban J connectivity index is 2.04. The lowest BCUT2D eigenvalue weighted by atomic mass is 10.1. The topological polar surface area (TPSA) is 30.3 Å². The molecule has 3 rings (SSSR count). The monoisotopic (exact) mass is 339 g/mol. The van der Waals surface area contributed by atoms with E-state index in [4.69, 9.17) is 17.0 Å². The number of nitrogens with zero attached hydrogens (tertiary/aromatic N) is 3. The maximum atomic E-state index is 6.09. The molecular formula is C19H21N3OS. The summed E-state index contributed by atoms with van der Waals surface area (Å²) >= 11 is 5.54. The molecule has 0 radical (unpaired) electrons. The fourth-order valence-corrected chi connectivity index (χ4v) is 2.72. The van der Waals surface area contributed by atoms with Crippen molar-refractivity contribution in [3.8, 4) is 5.75 Å². The maximum Gasteiger partial charge on any atom is 0.148 e. The van der Waals surface area contributed by atoms with Crippen LogP contribution >= 0.6 is 12.2 Å². The number of rotatable bonds is 4. The lowest BCUT2D eigenvalue weighted by Crippen LogP contribution is -2.20. The molecule has 0 N–H and O–H groups in total. The summed E-state index contributed by atoms with van der Waals surface area (Å²) in [6, 6.07) is 14.2. The Labute approximate surface area is 147 Å². The van der Waals surface area contributed by atoms with Crippen LogP contribution in [0.5, 0.6) is 5.75 Å². The lowest BCUT2D eigenvalue weighted by Gasteiger charge is -2.16. The van der Waals surface area contributed by atoms with Crippen molar-refractivity contribution in [3.05, 3.63) is 59.4 Å². The normalized spacial score (nSPS) is 10.8. The van der Waals surface area contributed by atoms with Crippen molar-refractivity contribution < 1.29 is 4.74 Å². The molecule has 0 spiro atoms. The molecule has 2 aromatic carbocycles. The third-order valence-electron chi connectivity index (χ3n) is 4.07. The Kier molecular flexibility index (Phi) is 4.53. The van der Waals surface area contributed by atoms with E-state index in [-0.39, 0.29) is 0 Å². The Morgan fingerprint density at radius 2 is 1.92 bits per heavy atom. The molecule has 0 bridgehead atoms. The molecule has 24 heavy (non-hydrogen) atoms. The van der Waals surface area contributed by atoms with Crippen LogP contribution in [0.15, 0.2) is 42.5 Å². The minimum Gasteiger partial charge on any atom is -0.487 e. The standard InChI is InChI=1S/C19H21N3OS/c1-13-20-18-16(22(13)4)10-15(19(24)21(2)3)11-17(18)23-12-14-8-6-5-7-9-14/h5-11H,12H2,1-4H3. The average Bonchev–Trinajstić information content (AvgIpc) is 2.87. The molecule has 124 valence electrons. The molecule has 3 aromatic rings. The molecule has 4 nitrogen and oxygen atoms in total. The van der Waals surface area contributed by atoms with E-state index in [9.17, 15) is 0 Å². The van der Waals surface area contributed by atoms with Crippen molar-refractivity contribution >= 4 is 28.2 Å². The van der Waals surface area contributed by atoms with E-state index in [2.05, 4.69) is 27.8 Å². The van der Waals surface area contributed by atoms with Gasteiger partial charge in [0.1, 0.15) is 28.7 Å². The van der Waals surface area contributed by atoms with Crippen molar-refractivity contribution in [2.24, 2.45) is 7.05 Å². The van der Waals surface area contributed by atoms with E-state index in [1.807, 2.05) is 57.2 Å². The van der Waals surface area contributed by atoms with E-state index in [1.54, 1.807) is 0 Å². The number of benzene rings is 2. The zero-order valence-electron chi connectivity index (χ0n) is 14.4. The highest BCUT2D eigenvalue weighted by atomic mass is 32.1. The highest BCUT2D eigenvalue weighted by Crippen LogP contribution is 2.29. The van der Waals surface area contributed by atoms with Crippen molar-refractivity contribution in [2.45, 2.75) is 13.5 Å². The zero-order valence-corrected chi connectivity index (χ0v) is 15.2. The first-order chi connectivity index (χ1) is 11.5. The first kappa shape index (κ1) is 16.5. The molecule has 0 fully saturated rings. The first-order valence-electron chi connectivity index (χ1n) is 7.83. The summed E-state index contributed by atoms with van der Waals surface area (Å²) in [4.78, 5) is 7.36. The largest absolute Gasteiger partial charge is 0.487 e. The Morgan fingerprint density at radius 3 is 2.58 bits per heavy atom. The van der Waals surface area contributed by atoms with Gasteiger partial charge in [0.25, 0.3) is 0 Å². The number of imidazole rings is 1. The maximum absolute atomic E-state index is 6.09. The third kappa shape index (κ3) is 3.12. The van der Waals surface area contributed by atoms with Gasteiger partial charge in [0, 0.05) is 26.7 Å². The van der Waals surface area contributed by atoms with E-state index in [1.165, 1.54) is 0 Å². The van der Waals surface area contributed by atoms with Crippen molar-refractivity contribution in [2.75, 3.05) is 14.1 Å². The number of hydrogen-bond donors (Lipinski definition) is 0. The summed E-state index contributed by atoms with van der Waals surface area (Å²) in [6.45, 7) is 2.49. The summed E-state index contributed by atoms with van der Waals surface area (Å²) in [5.74, 6) is 1.71. The number of ether oxygens (including phenoxy) is 1. The molecule has 0 aliphatic carbocycles. The van der Waals surface area contributed by atoms with E-state index in [0.29, 0.717) is 6.61 Å². The van der Waals surface area contributed by atoms with Crippen LogP contribution in [-0.4, -0.2) is 33.5 Å². The molecule has 0 amide bonds. The minimum absolute atomic E-state index is 0.504. The molecule has 0 atom stereocenters. The molecule has 0 aliphatic rings. The number of hydrogen-bond acceptors (Lipinski definition) is 3. The third-order valence-corrected chi connectivity index (χ3v) is 4.67. The lowest BCUT2D eigenvalue weighted by molar-refractivity contribution is 0.309. The average molecular weight is 339 g/mol. The van der Waals surface area contributed by atoms with E-state index >= 15 is 0 Å². The van der Waals surface area contributed by atoms with Gasteiger partial charge in [-0.05, 0) is 24.6 Å². The van der Waals surface area contributed by atoms with Crippen molar-refractivity contribution in [3.63, 3.8) is 0 Å². The second-order valence-corrected chi connectivity index (χ2v) is 6.42. The Morgan fingerprint density at radius 1 is 1.21 bits per heavy atom. The smallest absolute Gasteiger partial charge is 0.148 e. The van der Waals surface area contributed by atoms with Gasteiger partial charge >= 0.3 is 0 Å². The fourth-order valence-electron chi connectivity index (χ4n) is 2.60. The summed E-state index contributed by atoms with van der Waals surface area (Å²) < 4.78 is 8.15. The van der Waals surface area contributed by atoms with Crippen molar-refractivity contribution in [1.29, 1.82) is 0 Å². The van der Waals surface area contributed by atoms with Crippen LogP contribution in [0.4, 0.5) is 0 Å². The summed E-state index contributed by atoms with van der Waals surface area (Å²) in [5, 5.41) is 0. The Bertz CT molecular complexity index is 885. The van der Waals surface area contributed by atoms with Crippen LogP contribution < -0.4 is 4.74 Å².